The summed E-state index contributed by atoms with van der Waals surface area (Å²) in [6.07, 6.45) is 2.02. The van der Waals surface area contributed by atoms with Gasteiger partial charge in [0.1, 0.15) is 0 Å². The standard InChI is InChI=1S/C14H22BrNOS/c1-5-12(6-2)16(8-7-15)14(17)13-9-10(3)11(4)18-13/h9,12H,5-8H2,1-4H3. The largest absolute Gasteiger partial charge is 0.334 e. The average molecular weight is 332 g/mol. The third-order valence-corrected chi connectivity index (χ3v) is 4.84. The van der Waals surface area contributed by atoms with E-state index in [1.807, 2.05) is 11.0 Å². The predicted octanol–water partition coefficient (Wildman–Crippen LogP) is 4.39. The molecule has 18 heavy (non-hydrogen) atoms. The minimum atomic E-state index is 0.185. The van der Waals surface area contributed by atoms with Crippen LogP contribution in [0.3, 0.4) is 0 Å². The van der Waals surface area contributed by atoms with E-state index in [-0.39, 0.29) is 5.91 Å². The smallest absolute Gasteiger partial charge is 0.264 e. The normalized spacial score (nSPS) is 11.0. The van der Waals surface area contributed by atoms with Gasteiger partial charge in [0.25, 0.3) is 5.91 Å². The van der Waals surface area contributed by atoms with E-state index >= 15 is 0 Å². The van der Waals surface area contributed by atoms with Crippen molar-refractivity contribution in [2.75, 3.05) is 11.9 Å². The zero-order valence-corrected chi connectivity index (χ0v) is 14.0. The van der Waals surface area contributed by atoms with E-state index in [9.17, 15) is 4.79 Å². The van der Waals surface area contributed by atoms with Crippen molar-refractivity contribution >= 4 is 33.2 Å². The van der Waals surface area contributed by atoms with Gasteiger partial charge in [0.15, 0.2) is 0 Å². The molecule has 0 spiro atoms. The van der Waals surface area contributed by atoms with Gasteiger partial charge in [-0.25, -0.2) is 0 Å². The van der Waals surface area contributed by atoms with Gasteiger partial charge in [-0.3, -0.25) is 4.79 Å². The second kappa shape index (κ2) is 7.29. The first-order valence-electron chi connectivity index (χ1n) is 6.49. The minimum absolute atomic E-state index is 0.185. The molecule has 0 aliphatic carbocycles. The average Bonchev–Trinajstić information content (AvgIpc) is 2.69. The van der Waals surface area contributed by atoms with Crippen molar-refractivity contribution in [1.82, 2.24) is 4.90 Å². The highest BCUT2D eigenvalue weighted by molar-refractivity contribution is 9.09. The Morgan fingerprint density at radius 1 is 1.39 bits per heavy atom. The molecule has 0 saturated carbocycles. The van der Waals surface area contributed by atoms with Crippen LogP contribution in [0.25, 0.3) is 0 Å². The van der Waals surface area contributed by atoms with E-state index in [2.05, 4.69) is 43.6 Å². The lowest BCUT2D eigenvalue weighted by atomic mass is 10.1. The van der Waals surface area contributed by atoms with Crippen molar-refractivity contribution in [3.8, 4) is 0 Å². The molecule has 1 heterocycles. The van der Waals surface area contributed by atoms with Gasteiger partial charge in [-0.15, -0.1) is 11.3 Å². The van der Waals surface area contributed by atoms with Crippen LogP contribution in [0.2, 0.25) is 0 Å². The van der Waals surface area contributed by atoms with Crippen LogP contribution < -0.4 is 0 Å². The fraction of sp³-hybridized carbons (Fsp3) is 0.643. The van der Waals surface area contributed by atoms with Gasteiger partial charge in [-0.05, 0) is 38.3 Å². The Bertz CT molecular complexity index is 379. The number of nitrogens with zero attached hydrogens (tertiary/aromatic N) is 1. The highest BCUT2D eigenvalue weighted by Crippen LogP contribution is 2.23. The fourth-order valence-electron chi connectivity index (χ4n) is 2.09. The van der Waals surface area contributed by atoms with Crippen molar-refractivity contribution in [2.24, 2.45) is 0 Å². The Labute approximate surface area is 123 Å². The zero-order chi connectivity index (χ0) is 13.7. The van der Waals surface area contributed by atoms with Crippen LogP contribution >= 0.6 is 27.3 Å². The third kappa shape index (κ3) is 3.58. The first-order chi connectivity index (χ1) is 8.54. The first-order valence-corrected chi connectivity index (χ1v) is 8.42. The number of hydrogen-bond acceptors (Lipinski definition) is 2. The topological polar surface area (TPSA) is 20.3 Å². The van der Waals surface area contributed by atoms with Gasteiger partial charge in [-0.2, -0.15) is 0 Å². The number of carbonyl (C=O) groups is 1. The van der Waals surface area contributed by atoms with Gasteiger partial charge in [0, 0.05) is 22.8 Å². The molecule has 0 aliphatic heterocycles. The summed E-state index contributed by atoms with van der Waals surface area (Å²) in [6.45, 7) is 9.21. The van der Waals surface area contributed by atoms with Crippen LogP contribution in [0.15, 0.2) is 6.07 Å². The fourth-order valence-corrected chi connectivity index (χ4v) is 3.46. The monoisotopic (exact) mass is 331 g/mol. The highest BCUT2D eigenvalue weighted by Gasteiger charge is 2.23. The summed E-state index contributed by atoms with van der Waals surface area (Å²) in [5.74, 6) is 0.185. The van der Waals surface area contributed by atoms with Crippen LogP contribution in [0.1, 0.15) is 46.8 Å². The van der Waals surface area contributed by atoms with E-state index in [4.69, 9.17) is 0 Å². The van der Waals surface area contributed by atoms with Crippen LogP contribution in [-0.2, 0) is 0 Å². The molecular weight excluding hydrogens is 310 g/mol. The molecule has 0 aliphatic rings. The van der Waals surface area contributed by atoms with Crippen LogP contribution in [0.4, 0.5) is 0 Å². The number of amides is 1. The highest BCUT2D eigenvalue weighted by atomic mass is 79.9. The van der Waals surface area contributed by atoms with Crippen LogP contribution in [0, 0.1) is 13.8 Å². The molecule has 0 atom stereocenters. The molecule has 0 radical (unpaired) electrons. The van der Waals surface area contributed by atoms with E-state index in [1.165, 1.54) is 10.4 Å². The molecule has 1 rings (SSSR count). The Morgan fingerprint density at radius 3 is 2.39 bits per heavy atom. The lowest BCUT2D eigenvalue weighted by molar-refractivity contribution is 0.0688. The van der Waals surface area contributed by atoms with Crippen molar-refractivity contribution < 1.29 is 4.79 Å². The SMILES string of the molecule is CCC(CC)N(CCBr)C(=O)c1cc(C)c(C)s1. The van der Waals surface area contributed by atoms with E-state index in [0.717, 1.165) is 29.6 Å². The van der Waals surface area contributed by atoms with E-state index in [1.54, 1.807) is 11.3 Å². The third-order valence-electron chi connectivity index (χ3n) is 3.35. The van der Waals surface area contributed by atoms with Gasteiger partial charge in [0.2, 0.25) is 0 Å². The Morgan fingerprint density at radius 2 is 2.00 bits per heavy atom. The second-order valence-electron chi connectivity index (χ2n) is 4.51. The molecule has 0 aromatic carbocycles. The number of hydrogen-bond donors (Lipinski definition) is 0. The molecule has 1 aromatic heterocycles. The van der Waals surface area contributed by atoms with Crippen LogP contribution in [-0.4, -0.2) is 28.7 Å². The van der Waals surface area contributed by atoms with Crippen LogP contribution in [0.5, 0.6) is 0 Å². The van der Waals surface area contributed by atoms with Crippen molar-refractivity contribution in [2.45, 2.75) is 46.6 Å². The molecule has 102 valence electrons. The first kappa shape index (κ1) is 15.7. The quantitative estimate of drug-likeness (QED) is 0.708. The Balaban J connectivity index is 2.94. The summed E-state index contributed by atoms with van der Waals surface area (Å²) in [5.41, 5.74) is 1.21. The summed E-state index contributed by atoms with van der Waals surface area (Å²) in [4.78, 5) is 16.7. The molecule has 1 aromatic rings. The molecule has 0 unspecified atom stereocenters. The molecule has 0 bridgehead atoms. The Hall–Kier alpha value is -0.350. The number of rotatable bonds is 6. The van der Waals surface area contributed by atoms with Gasteiger partial charge in [0.05, 0.1) is 4.88 Å². The molecule has 0 fully saturated rings. The minimum Gasteiger partial charge on any atom is -0.334 e. The number of alkyl halides is 1. The maximum absolute atomic E-state index is 12.6. The molecule has 0 N–H and O–H groups in total. The molecule has 0 saturated heterocycles. The van der Waals surface area contributed by atoms with Crippen molar-refractivity contribution in [1.29, 1.82) is 0 Å². The summed E-state index contributed by atoms with van der Waals surface area (Å²) >= 11 is 5.06. The summed E-state index contributed by atoms with van der Waals surface area (Å²) in [5, 5.41) is 0.832. The molecule has 2 nitrogen and oxygen atoms in total. The number of aryl methyl sites for hydroxylation is 2. The lowest BCUT2D eigenvalue weighted by Crippen LogP contribution is -2.40. The van der Waals surface area contributed by atoms with E-state index < -0.39 is 0 Å². The van der Waals surface area contributed by atoms with Crippen molar-refractivity contribution in [3.05, 3.63) is 21.4 Å². The predicted molar refractivity (Wildman–Crippen MR) is 83.0 cm³/mol. The van der Waals surface area contributed by atoms with Gasteiger partial charge < -0.3 is 4.90 Å². The summed E-state index contributed by atoms with van der Waals surface area (Å²) in [7, 11) is 0. The van der Waals surface area contributed by atoms with Gasteiger partial charge >= 0.3 is 0 Å². The molecule has 1 amide bonds. The Kier molecular flexibility index (Phi) is 6.36. The van der Waals surface area contributed by atoms with Crippen molar-refractivity contribution in [3.63, 3.8) is 0 Å². The summed E-state index contributed by atoms with van der Waals surface area (Å²) < 4.78 is 0. The molecular formula is C14H22BrNOS. The molecule has 4 heteroatoms. The lowest BCUT2D eigenvalue weighted by Gasteiger charge is -2.29. The van der Waals surface area contributed by atoms with E-state index in [0.29, 0.717) is 6.04 Å². The number of carbonyl (C=O) groups excluding carboxylic acids is 1. The zero-order valence-electron chi connectivity index (χ0n) is 11.6. The maximum atomic E-state index is 12.6. The number of thiophene rings is 1. The number of halogens is 1. The maximum Gasteiger partial charge on any atom is 0.264 e. The summed E-state index contributed by atoms with van der Waals surface area (Å²) in [6, 6.07) is 2.36. The van der Waals surface area contributed by atoms with Gasteiger partial charge in [-0.1, -0.05) is 29.8 Å². The second-order valence-corrected chi connectivity index (χ2v) is 6.56.